The van der Waals surface area contributed by atoms with Gasteiger partial charge >= 0.3 is 11.4 Å². The summed E-state index contributed by atoms with van der Waals surface area (Å²) in [4.78, 5) is 32.6. The van der Waals surface area contributed by atoms with Crippen molar-refractivity contribution in [3.8, 4) is 5.75 Å². The quantitative estimate of drug-likeness (QED) is 0.488. The van der Waals surface area contributed by atoms with Crippen LogP contribution in [0.2, 0.25) is 0 Å². The molecule has 0 saturated carbocycles. The second-order valence-electron chi connectivity index (χ2n) is 6.31. The Labute approximate surface area is 166 Å². The third kappa shape index (κ3) is 7.93. The lowest BCUT2D eigenvalue weighted by molar-refractivity contribution is -0.404. The van der Waals surface area contributed by atoms with Crippen molar-refractivity contribution in [2.75, 3.05) is 53.0 Å². The van der Waals surface area contributed by atoms with Gasteiger partial charge in [0.25, 0.3) is 11.4 Å². The Morgan fingerprint density at radius 2 is 1.59 bits per heavy atom. The molecule has 0 radical (unpaired) electrons. The number of phenols is 1. The van der Waals surface area contributed by atoms with E-state index in [1.807, 2.05) is 0 Å². The largest absolute Gasteiger partial charge is 0.497 e. The van der Waals surface area contributed by atoms with Crippen LogP contribution in [0.1, 0.15) is 13.3 Å². The monoisotopic (exact) mass is 415 g/mol. The van der Waals surface area contributed by atoms with Gasteiger partial charge in [0.05, 0.1) is 40.1 Å². The molecule has 29 heavy (non-hydrogen) atoms. The summed E-state index contributed by atoms with van der Waals surface area (Å²) in [5.41, 5.74) is -3.00. The average molecular weight is 415 g/mol. The minimum atomic E-state index is -1.21. The number of rotatable bonds is 8. The van der Waals surface area contributed by atoms with Gasteiger partial charge in [-0.05, 0) is 33.1 Å². The number of aromatic hydroxyl groups is 1. The molecule has 13 heteroatoms. The summed E-state index contributed by atoms with van der Waals surface area (Å²) >= 11 is 0. The lowest BCUT2D eigenvalue weighted by Gasteiger charge is -2.27. The van der Waals surface area contributed by atoms with Crippen molar-refractivity contribution in [2.45, 2.75) is 13.3 Å². The zero-order valence-electron chi connectivity index (χ0n) is 16.4. The van der Waals surface area contributed by atoms with Gasteiger partial charge in [-0.25, -0.2) is 0 Å². The summed E-state index contributed by atoms with van der Waals surface area (Å²) < 4.78 is 5.30. The Bertz CT molecular complexity index is 688. The van der Waals surface area contributed by atoms with Gasteiger partial charge in [0.15, 0.2) is 0 Å². The van der Waals surface area contributed by atoms with Crippen LogP contribution in [-0.4, -0.2) is 82.7 Å². The Balaban J connectivity index is 0.000000296. The molecule has 1 aromatic rings. The second-order valence-corrected chi connectivity index (χ2v) is 6.31. The van der Waals surface area contributed by atoms with Gasteiger partial charge in [-0.3, -0.25) is 35.2 Å². The highest BCUT2D eigenvalue weighted by Gasteiger charge is 2.30. The lowest BCUT2D eigenvalue weighted by atomic mass is 10.2. The molecular weight excluding hydrogens is 390 g/mol. The van der Waals surface area contributed by atoms with Crippen LogP contribution in [0.15, 0.2) is 12.1 Å². The van der Waals surface area contributed by atoms with Gasteiger partial charge in [-0.2, -0.15) is 0 Å². The summed E-state index contributed by atoms with van der Waals surface area (Å²) in [6.45, 7) is 9.89. The minimum absolute atomic E-state index is 0.447. The van der Waals surface area contributed by atoms with Crippen molar-refractivity contribution >= 4 is 17.1 Å². The third-order valence-electron chi connectivity index (χ3n) is 4.32. The maximum Gasteiger partial charge on any atom is 0.324 e. The predicted molar refractivity (Wildman–Crippen MR) is 103 cm³/mol. The van der Waals surface area contributed by atoms with Gasteiger partial charge in [-0.1, -0.05) is 6.92 Å². The number of hydrogen-bond acceptors (Lipinski definition) is 10. The van der Waals surface area contributed by atoms with E-state index in [4.69, 9.17) is 9.84 Å². The third-order valence-corrected chi connectivity index (χ3v) is 4.32. The zero-order chi connectivity index (χ0) is 22.0. The molecule has 1 saturated heterocycles. The number of nitro groups is 3. The van der Waals surface area contributed by atoms with Crippen LogP contribution in [-0.2, 0) is 4.74 Å². The molecule has 1 aromatic carbocycles. The van der Waals surface area contributed by atoms with Crippen molar-refractivity contribution in [2.24, 2.45) is 0 Å². The first kappa shape index (κ1) is 24.1. The van der Waals surface area contributed by atoms with Crippen LogP contribution < -0.4 is 0 Å². The number of hydrogen-bond donors (Lipinski definition) is 1. The van der Waals surface area contributed by atoms with E-state index in [0.29, 0.717) is 12.1 Å². The molecule has 1 heterocycles. The van der Waals surface area contributed by atoms with Crippen LogP contribution in [0, 0.1) is 30.3 Å². The fourth-order valence-electron chi connectivity index (χ4n) is 2.52. The van der Waals surface area contributed by atoms with Crippen LogP contribution in [0.5, 0.6) is 5.75 Å². The summed E-state index contributed by atoms with van der Waals surface area (Å²) in [6.07, 6.45) is 1.28. The molecule has 0 aromatic heterocycles. The summed E-state index contributed by atoms with van der Waals surface area (Å²) in [5.74, 6) is -1.21. The number of phenolic OH excluding ortho intramolecular Hbond substituents is 1. The molecule has 0 unspecified atom stereocenters. The van der Waals surface area contributed by atoms with E-state index in [0.717, 1.165) is 32.8 Å². The standard InChI is InChI=1S/C10H22N2O.C6H3N3O7/c1-3-11(2)5-4-6-12-7-9-13-10-8-12;10-6-4(8(13)14)1-3(7(11)12)2-5(6)9(15)16/h3-10H2,1-2H3;1-2,10H. The molecule has 1 fully saturated rings. The minimum Gasteiger partial charge on any atom is -0.497 e. The van der Waals surface area contributed by atoms with Crippen LogP contribution in [0.3, 0.4) is 0 Å². The van der Waals surface area contributed by atoms with E-state index in [9.17, 15) is 30.3 Å². The van der Waals surface area contributed by atoms with Crippen molar-refractivity contribution in [3.63, 3.8) is 0 Å². The van der Waals surface area contributed by atoms with Crippen molar-refractivity contribution in [1.29, 1.82) is 0 Å². The van der Waals surface area contributed by atoms with E-state index < -0.39 is 37.6 Å². The van der Waals surface area contributed by atoms with E-state index in [-0.39, 0.29) is 0 Å². The van der Waals surface area contributed by atoms with Crippen molar-refractivity contribution < 1.29 is 24.6 Å². The predicted octanol–water partition coefficient (Wildman–Crippen LogP) is 1.78. The smallest absolute Gasteiger partial charge is 0.324 e. The van der Waals surface area contributed by atoms with E-state index >= 15 is 0 Å². The average Bonchev–Trinajstić information content (AvgIpc) is 2.68. The van der Waals surface area contributed by atoms with Crippen molar-refractivity contribution in [1.82, 2.24) is 9.80 Å². The molecule has 0 amide bonds. The highest BCUT2D eigenvalue weighted by atomic mass is 16.6. The lowest BCUT2D eigenvalue weighted by Crippen LogP contribution is -2.37. The molecule has 2 rings (SSSR count). The molecular formula is C16H25N5O8. The number of morpholine rings is 1. The Kier molecular flexibility index (Phi) is 9.85. The maximum absolute atomic E-state index is 10.4. The Morgan fingerprint density at radius 3 is 2.00 bits per heavy atom. The first-order chi connectivity index (χ1) is 13.7. The SMILES string of the molecule is CCN(C)CCCN1CCOCC1.O=[N+]([O-])c1cc([N+](=O)[O-])c(O)c([N+](=O)[O-])c1. The van der Waals surface area contributed by atoms with Crippen molar-refractivity contribution in [3.05, 3.63) is 42.5 Å². The molecule has 0 aliphatic carbocycles. The molecule has 1 aliphatic heterocycles. The topological polar surface area (TPSA) is 165 Å². The summed E-state index contributed by atoms with van der Waals surface area (Å²) in [5, 5.41) is 40.2. The molecule has 162 valence electrons. The first-order valence-electron chi connectivity index (χ1n) is 8.96. The molecule has 0 spiro atoms. The second kappa shape index (κ2) is 11.8. The van der Waals surface area contributed by atoms with Crippen LogP contribution >= 0.6 is 0 Å². The maximum atomic E-state index is 10.4. The van der Waals surface area contributed by atoms with E-state index in [2.05, 4.69) is 23.8 Å². The molecule has 1 N–H and O–H groups in total. The van der Waals surface area contributed by atoms with Gasteiger partial charge in [-0.15, -0.1) is 0 Å². The molecule has 0 bridgehead atoms. The molecule has 13 nitrogen and oxygen atoms in total. The van der Waals surface area contributed by atoms with E-state index in [1.54, 1.807) is 0 Å². The number of ether oxygens (including phenoxy) is 1. The first-order valence-corrected chi connectivity index (χ1v) is 8.96. The number of non-ortho nitro benzene ring substituents is 1. The highest BCUT2D eigenvalue weighted by molar-refractivity contribution is 5.64. The number of nitrogens with zero attached hydrogens (tertiary/aromatic N) is 5. The summed E-state index contributed by atoms with van der Waals surface area (Å²) in [6, 6.07) is 0.894. The fourth-order valence-corrected chi connectivity index (χ4v) is 2.52. The van der Waals surface area contributed by atoms with Gasteiger partial charge < -0.3 is 14.7 Å². The number of nitro benzene ring substituents is 3. The van der Waals surface area contributed by atoms with Gasteiger partial charge in [0.2, 0.25) is 0 Å². The zero-order valence-corrected chi connectivity index (χ0v) is 16.4. The van der Waals surface area contributed by atoms with Crippen LogP contribution in [0.25, 0.3) is 0 Å². The highest BCUT2D eigenvalue weighted by Crippen LogP contribution is 2.38. The number of benzene rings is 1. The molecule has 1 aliphatic rings. The van der Waals surface area contributed by atoms with E-state index in [1.165, 1.54) is 19.5 Å². The Morgan fingerprint density at radius 1 is 1.07 bits per heavy atom. The summed E-state index contributed by atoms with van der Waals surface area (Å²) in [7, 11) is 2.18. The Hall–Kier alpha value is -2.90. The van der Waals surface area contributed by atoms with Crippen LogP contribution in [0.4, 0.5) is 17.1 Å². The normalized spacial score (nSPS) is 14.2. The van der Waals surface area contributed by atoms with Gasteiger partial charge in [0.1, 0.15) is 0 Å². The molecule has 0 atom stereocenters. The fraction of sp³-hybridized carbons (Fsp3) is 0.625. The van der Waals surface area contributed by atoms with Gasteiger partial charge in [0, 0.05) is 13.1 Å².